The third-order valence-electron chi connectivity index (χ3n) is 2.60. The van der Waals surface area contributed by atoms with Gasteiger partial charge in [-0.2, -0.15) is 0 Å². The van der Waals surface area contributed by atoms with E-state index in [1.54, 1.807) is 7.11 Å². The van der Waals surface area contributed by atoms with Crippen molar-refractivity contribution in [2.45, 2.75) is 6.61 Å². The summed E-state index contributed by atoms with van der Waals surface area (Å²) < 4.78 is 10.2. The van der Waals surface area contributed by atoms with Crippen molar-refractivity contribution >= 4 is 11.7 Å². The summed E-state index contributed by atoms with van der Waals surface area (Å²) in [5.74, 6) is 0.296. The number of methoxy groups -OCH3 is 1. The van der Waals surface area contributed by atoms with E-state index in [-0.39, 0.29) is 6.61 Å². The van der Waals surface area contributed by atoms with Crippen molar-refractivity contribution in [3.63, 3.8) is 0 Å². The quantitative estimate of drug-likeness (QED) is 0.849. The molecule has 1 aromatic heterocycles. The number of nitrogens with two attached hydrogens (primary N) is 1. The molecule has 0 amide bonds. The molecule has 2 aromatic rings. The van der Waals surface area contributed by atoms with Crippen LogP contribution in [0.2, 0.25) is 0 Å². The molecule has 1 heterocycles. The van der Waals surface area contributed by atoms with Gasteiger partial charge in [0.1, 0.15) is 12.4 Å². The first-order valence-corrected chi connectivity index (χ1v) is 5.70. The largest absolute Gasteiger partial charge is 0.497 e. The third-order valence-corrected chi connectivity index (χ3v) is 2.60. The number of hydrogen-bond donors (Lipinski definition) is 1. The molecule has 0 saturated heterocycles. The Bertz CT molecular complexity index is 567. The van der Waals surface area contributed by atoms with Crippen LogP contribution in [0, 0.1) is 0 Å². The number of pyridine rings is 1. The Morgan fingerprint density at radius 2 is 2.00 bits per heavy atom. The standard InChI is InChI=1S/C14H14N2O3/c1-18-11-4-2-10(3-5-11)9-19-14(17)12-6-7-16-8-13(12)15/h2-8H,9,15H2,1H3. The minimum Gasteiger partial charge on any atom is -0.497 e. The van der Waals surface area contributed by atoms with Gasteiger partial charge in [0.15, 0.2) is 0 Å². The van der Waals surface area contributed by atoms with E-state index in [2.05, 4.69) is 4.98 Å². The Hall–Kier alpha value is -2.56. The summed E-state index contributed by atoms with van der Waals surface area (Å²) in [6.07, 6.45) is 2.92. The lowest BCUT2D eigenvalue weighted by Gasteiger charge is -2.07. The third kappa shape index (κ3) is 3.22. The highest BCUT2D eigenvalue weighted by atomic mass is 16.5. The van der Waals surface area contributed by atoms with Gasteiger partial charge in [-0.25, -0.2) is 4.79 Å². The molecule has 0 saturated carbocycles. The Morgan fingerprint density at radius 1 is 1.26 bits per heavy atom. The van der Waals surface area contributed by atoms with Crippen molar-refractivity contribution in [3.05, 3.63) is 53.9 Å². The maximum atomic E-state index is 11.8. The smallest absolute Gasteiger partial charge is 0.340 e. The molecule has 19 heavy (non-hydrogen) atoms. The lowest BCUT2D eigenvalue weighted by Crippen LogP contribution is -2.08. The molecule has 0 bridgehead atoms. The van der Waals surface area contributed by atoms with Crippen molar-refractivity contribution in [2.75, 3.05) is 12.8 Å². The minimum atomic E-state index is -0.462. The molecule has 98 valence electrons. The fourth-order valence-electron chi connectivity index (χ4n) is 1.54. The van der Waals surface area contributed by atoms with Crippen molar-refractivity contribution in [1.82, 2.24) is 4.98 Å². The van der Waals surface area contributed by atoms with Gasteiger partial charge in [-0.15, -0.1) is 0 Å². The molecule has 2 rings (SSSR count). The second kappa shape index (κ2) is 5.86. The van der Waals surface area contributed by atoms with Crippen LogP contribution < -0.4 is 10.5 Å². The maximum absolute atomic E-state index is 11.8. The Balaban J connectivity index is 1.98. The molecule has 0 aliphatic carbocycles. The van der Waals surface area contributed by atoms with Gasteiger partial charge < -0.3 is 15.2 Å². The number of ether oxygens (including phenoxy) is 2. The monoisotopic (exact) mass is 258 g/mol. The number of esters is 1. The fraction of sp³-hybridized carbons (Fsp3) is 0.143. The molecule has 2 N–H and O–H groups in total. The second-order valence-electron chi connectivity index (χ2n) is 3.89. The van der Waals surface area contributed by atoms with Crippen LogP contribution in [0.1, 0.15) is 15.9 Å². The number of rotatable bonds is 4. The summed E-state index contributed by atoms with van der Waals surface area (Å²) in [7, 11) is 1.60. The van der Waals surface area contributed by atoms with Gasteiger partial charge in [-0.05, 0) is 23.8 Å². The van der Waals surface area contributed by atoms with Crippen LogP contribution in [0.3, 0.4) is 0 Å². The first kappa shape index (κ1) is 12.9. The molecule has 0 unspecified atom stereocenters. The average Bonchev–Trinajstić information content (AvgIpc) is 2.46. The summed E-state index contributed by atoms with van der Waals surface area (Å²) in [5, 5.41) is 0. The zero-order valence-electron chi connectivity index (χ0n) is 10.5. The van der Waals surface area contributed by atoms with Gasteiger partial charge in [-0.3, -0.25) is 4.98 Å². The number of hydrogen-bond acceptors (Lipinski definition) is 5. The van der Waals surface area contributed by atoms with Crippen LogP contribution in [-0.2, 0) is 11.3 Å². The number of aromatic nitrogens is 1. The van der Waals surface area contributed by atoms with E-state index in [0.717, 1.165) is 11.3 Å². The van der Waals surface area contributed by atoms with E-state index >= 15 is 0 Å². The van der Waals surface area contributed by atoms with Crippen molar-refractivity contribution in [2.24, 2.45) is 0 Å². The molecule has 5 heteroatoms. The van der Waals surface area contributed by atoms with Crippen molar-refractivity contribution in [3.8, 4) is 5.75 Å². The van der Waals surface area contributed by atoms with Crippen LogP contribution in [0.15, 0.2) is 42.7 Å². The van der Waals surface area contributed by atoms with Crippen LogP contribution in [0.5, 0.6) is 5.75 Å². The Morgan fingerprint density at radius 3 is 2.63 bits per heavy atom. The van der Waals surface area contributed by atoms with Crippen LogP contribution >= 0.6 is 0 Å². The molecule has 1 aromatic carbocycles. The summed E-state index contributed by atoms with van der Waals surface area (Å²) in [6.45, 7) is 0.185. The first-order chi connectivity index (χ1) is 9.20. The molecule has 0 fully saturated rings. The zero-order chi connectivity index (χ0) is 13.7. The molecule has 0 atom stereocenters. The molecular weight excluding hydrogens is 244 g/mol. The highest BCUT2D eigenvalue weighted by molar-refractivity contribution is 5.94. The number of anilines is 1. The van der Waals surface area contributed by atoms with Gasteiger partial charge in [0, 0.05) is 6.20 Å². The lowest BCUT2D eigenvalue weighted by molar-refractivity contribution is 0.0474. The number of nitrogens with zero attached hydrogens (tertiary/aromatic N) is 1. The number of nitrogen functional groups attached to an aromatic ring is 1. The van der Waals surface area contributed by atoms with Crippen molar-refractivity contribution in [1.29, 1.82) is 0 Å². The maximum Gasteiger partial charge on any atom is 0.340 e. The molecular formula is C14H14N2O3. The Labute approximate surface area is 111 Å². The fourth-order valence-corrected chi connectivity index (χ4v) is 1.54. The van der Waals surface area contributed by atoms with Gasteiger partial charge in [0.25, 0.3) is 0 Å². The van der Waals surface area contributed by atoms with Crippen molar-refractivity contribution < 1.29 is 14.3 Å². The number of benzene rings is 1. The highest BCUT2D eigenvalue weighted by Crippen LogP contribution is 2.14. The molecule has 0 aliphatic heterocycles. The average molecular weight is 258 g/mol. The normalized spacial score (nSPS) is 9.95. The SMILES string of the molecule is COc1ccc(COC(=O)c2ccncc2N)cc1. The van der Waals surface area contributed by atoms with E-state index in [1.807, 2.05) is 24.3 Å². The van der Waals surface area contributed by atoms with E-state index in [0.29, 0.717) is 11.3 Å². The Kier molecular flexibility index (Phi) is 3.97. The van der Waals surface area contributed by atoms with Crippen LogP contribution in [-0.4, -0.2) is 18.1 Å². The minimum absolute atomic E-state index is 0.185. The summed E-state index contributed by atoms with van der Waals surface area (Å²) in [5.41, 5.74) is 7.16. The topological polar surface area (TPSA) is 74.4 Å². The predicted molar refractivity (Wildman–Crippen MR) is 70.8 cm³/mol. The molecule has 0 aliphatic rings. The zero-order valence-corrected chi connectivity index (χ0v) is 10.5. The summed E-state index contributed by atoms with van der Waals surface area (Å²) in [4.78, 5) is 15.6. The van der Waals surface area contributed by atoms with E-state index < -0.39 is 5.97 Å². The number of carbonyl (C=O) groups excluding carboxylic acids is 1. The van der Waals surface area contributed by atoms with E-state index in [9.17, 15) is 4.79 Å². The van der Waals surface area contributed by atoms with Crippen LogP contribution in [0.4, 0.5) is 5.69 Å². The van der Waals surface area contributed by atoms with Crippen LogP contribution in [0.25, 0.3) is 0 Å². The predicted octanol–water partition coefficient (Wildman–Crippen LogP) is 2.03. The van der Waals surface area contributed by atoms with Gasteiger partial charge >= 0.3 is 5.97 Å². The molecule has 5 nitrogen and oxygen atoms in total. The van der Waals surface area contributed by atoms with Gasteiger partial charge in [0.05, 0.1) is 24.6 Å². The first-order valence-electron chi connectivity index (χ1n) is 5.70. The highest BCUT2D eigenvalue weighted by Gasteiger charge is 2.10. The van der Waals surface area contributed by atoms with E-state index in [1.165, 1.54) is 18.5 Å². The molecule has 0 spiro atoms. The van der Waals surface area contributed by atoms with E-state index in [4.69, 9.17) is 15.2 Å². The second-order valence-corrected chi connectivity index (χ2v) is 3.89. The molecule has 0 radical (unpaired) electrons. The summed E-state index contributed by atoms with van der Waals surface area (Å²) in [6, 6.07) is 8.82. The number of carbonyl (C=O) groups is 1. The van der Waals surface area contributed by atoms with Gasteiger partial charge in [-0.1, -0.05) is 12.1 Å². The van der Waals surface area contributed by atoms with Gasteiger partial charge in [0.2, 0.25) is 0 Å². The summed E-state index contributed by atoms with van der Waals surface area (Å²) >= 11 is 0. The lowest BCUT2D eigenvalue weighted by atomic mass is 10.2.